The fraction of sp³-hybridized carbons (Fsp3) is 0.391. The molecule has 5 heterocycles. The maximum Gasteiger partial charge on any atom is 0.235 e. The monoisotopic (exact) mass is 467 g/mol. The normalized spacial score (nSPS) is 20.2. The van der Waals surface area contributed by atoms with Crippen molar-refractivity contribution in [1.29, 1.82) is 0 Å². The van der Waals surface area contributed by atoms with Crippen molar-refractivity contribution in [2.24, 2.45) is 0 Å². The molecular weight excluding hydrogens is 442 g/mol. The van der Waals surface area contributed by atoms with Crippen LogP contribution in [0.15, 0.2) is 41.4 Å². The Bertz CT molecular complexity index is 1150. The summed E-state index contributed by atoms with van der Waals surface area (Å²) in [6.07, 6.45) is 3.61. The van der Waals surface area contributed by atoms with Crippen LogP contribution in [0.4, 0.5) is 5.82 Å². The Morgan fingerprint density at radius 2 is 2.15 bits per heavy atom. The van der Waals surface area contributed by atoms with Crippen molar-refractivity contribution in [3.8, 4) is 11.6 Å². The fourth-order valence-electron chi connectivity index (χ4n) is 3.85. The summed E-state index contributed by atoms with van der Waals surface area (Å²) in [6.45, 7) is 1.68. The van der Waals surface area contributed by atoms with E-state index >= 15 is 0 Å². The second kappa shape index (κ2) is 9.90. The standard InChI is InChI=1S/C23H25N5O4S/c1-30-21-7-5-17-22(28-21)18(8-9-24-17)32-12-16-4-2-15(11-31-16)25-10-14-3-6-19-23(26-14)27-20(29)13-33-19/h3,5-9,15-16,25H,2,4,10-13H2,1H3,(H,26,27,29)/t15-,16+/m1/s1. The molecule has 1 fully saturated rings. The fourth-order valence-corrected chi connectivity index (χ4v) is 4.60. The third-order valence-corrected chi connectivity index (χ3v) is 6.68. The molecule has 0 aromatic carbocycles. The van der Waals surface area contributed by atoms with Crippen molar-refractivity contribution in [3.05, 3.63) is 42.2 Å². The van der Waals surface area contributed by atoms with Crippen molar-refractivity contribution in [1.82, 2.24) is 20.3 Å². The quantitative estimate of drug-likeness (QED) is 0.542. The van der Waals surface area contributed by atoms with Crippen LogP contribution in [0.5, 0.6) is 11.6 Å². The van der Waals surface area contributed by atoms with Crippen molar-refractivity contribution in [2.45, 2.75) is 36.4 Å². The van der Waals surface area contributed by atoms with Gasteiger partial charge in [0.25, 0.3) is 0 Å². The number of rotatable bonds is 7. The third kappa shape index (κ3) is 5.18. The minimum atomic E-state index is -0.00580. The van der Waals surface area contributed by atoms with Gasteiger partial charge in [0.1, 0.15) is 23.7 Å². The van der Waals surface area contributed by atoms with Crippen LogP contribution in [-0.4, -0.2) is 59.1 Å². The lowest BCUT2D eigenvalue weighted by atomic mass is 10.1. The summed E-state index contributed by atoms with van der Waals surface area (Å²) >= 11 is 1.52. The van der Waals surface area contributed by atoms with Gasteiger partial charge in [-0.3, -0.25) is 9.78 Å². The topological polar surface area (TPSA) is 107 Å². The summed E-state index contributed by atoms with van der Waals surface area (Å²) in [6, 6.07) is 9.72. The molecule has 5 rings (SSSR count). The number of nitrogens with one attached hydrogen (secondary N) is 2. The van der Waals surface area contributed by atoms with Crippen molar-refractivity contribution in [3.63, 3.8) is 0 Å². The lowest BCUT2D eigenvalue weighted by molar-refractivity contribution is -0.113. The summed E-state index contributed by atoms with van der Waals surface area (Å²) in [4.78, 5) is 26.0. The molecule has 2 aliphatic rings. The van der Waals surface area contributed by atoms with E-state index in [1.54, 1.807) is 19.4 Å². The van der Waals surface area contributed by atoms with Crippen LogP contribution in [0, 0.1) is 0 Å². The molecule has 0 unspecified atom stereocenters. The maximum atomic E-state index is 11.6. The predicted octanol–water partition coefficient (Wildman–Crippen LogP) is 2.79. The number of hydrogen-bond acceptors (Lipinski definition) is 9. The molecule has 2 atom stereocenters. The van der Waals surface area contributed by atoms with Gasteiger partial charge in [-0.15, -0.1) is 11.8 Å². The number of ether oxygens (including phenoxy) is 3. The molecule has 1 saturated heterocycles. The zero-order valence-corrected chi connectivity index (χ0v) is 19.1. The number of fused-ring (bicyclic) bond motifs is 2. The van der Waals surface area contributed by atoms with E-state index in [0.29, 0.717) is 48.5 Å². The molecule has 2 aliphatic heterocycles. The molecule has 0 aliphatic carbocycles. The molecule has 9 nitrogen and oxygen atoms in total. The molecule has 0 bridgehead atoms. The van der Waals surface area contributed by atoms with Crippen LogP contribution >= 0.6 is 11.8 Å². The van der Waals surface area contributed by atoms with Crippen molar-refractivity contribution < 1.29 is 19.0 Å². The number of methoxy groups -OCH3 is 1. The Kier molecular flexibility index (Phi) is 6.56. The highest BCUT2D eigenvalue weighted by Crippen LogP contribution is 2.30. The summed E-state index contributed by atoms with van der Waals surface area (Å²) in [5.41, 5.74) is 2.34. The Balaban J connectivity index is 1.11. The average Bonchev–Trinajstić information content (AvgIpc) is 2.86. The molecule has 0 radical (unpaired) electrons. The molecule has 0 spiro atoms. The number of carbonyl (C=O) groups is 1. The second-order valence-electron chi connectivity index (χ2n) is 7.94. The second-order valence-corrected chi connectivity index (χ2v) is 8.96. The SMILES string of the molecule is COc1ccc2nccc(OC[C@@H]3CC[C@@H](NCc4ccc5c(n4)NC(=O)CS5)CO3)c2n1. The molecule has 0 saturated carbocycles. The van der Waals surface area contributed by atoms with Gasteiger partial charge in [-0.1, -0.05) is 0 Å². The first-order chi connectivity index (χ1) is 16.2. The molecule has 3 aromatic heterocycles. The van der Waals surface area contributed by atoms with Gasteiger partial charge in [0.05, 0.1) is 41.7 Å². The molecule has 1 amide bonds. The van der Waals surface area contributed by atoms with Crippen LogP contribution in [0.1, 0.15) is 18.5 Å². The lowest BCUT2D eigenvalue weighted by Crippen LogP contribution is -2.41. The van der Waals surface area contributed by atoms with Gasteiger partial charge in [-0.2, -0.15) is 0 Å². The molecule has 2 N–H and O–H groups in total. The van der Waals surface area contributed by atoms with Crippen LogP contribution in [0.2, 0.25) is 0 Å². The maximum absolute atomic E-state index is 11.6. The zero-order chi connectivity index (χ0) is 22.6. The average molecular weight is 468 g/mol. The summed E-state index contributed by atoms with van der Waals surface area (Å²) < 4.78 is 17.3. The van der Waals surface area contributed by atoms with Gasteiger partial charge in [-0.05, 0) is 31.0 Å². The first-order valence-corrected chi connectivity index (χ1v) is 11.9. The largest absolute Gasteiger partial charge is 0.488 e. The number of pyridine rings is 3. The number of nitrogens with zero attached hydrogens (tertiary/aromatic N) is 3. The molecule has 33 heavy (non-hydrogen) atoms. The smallest absolute Gasteiger partial charge is 0.235 e. The number of hydrogen-bond donors (Lipinski definition) is 2. The van der Waals surface area contributed by atoms with E-state index in [-0.39, 0.29) is 18.1 Å². The van der Waals surface area contributed by atoms with Crippen molar-refractivity contribution in [2.75, 3.05) is 31.4 Å². The van der Waals surface area contributed by atoms with Crippen LogP contribution in [0.3, 0.4) is 0 Å². The van der Waals surface area contributed by atoms with Gasteiger partial charge in [-0.25, -0.2) is 9.97 Å². The highest BCUT2D eigenvalue weighted by molar-refractivity contribution is 8.00. The van der Waals surface area contributed by atoms with Gasteiger partial charge in [0.2, 0.25) is 11.8 Å². The third-order valence-electron chi connectivity index (χ3n) is 5.63. The van der Waals surface area contributed by atoms with E-state index in [1.165, 1.54) is 11.8 Å². The van der Waals surface area contributed by atoms with E-state index in [4.69, 9.17) is 14.2 Å². The van der Waals surface area contributed by atoms with E-state index < -0.39 is 0 Å². The summed E-state index contributed by atoms with van der Waals surface area (Å²) in [5, 5.41) is 6.34. The van der Waals surface area contributed by atoms with Gasteiger partial charge in [0, 0.05) is 30.9 Å². The Labute approximate surface area is 195 Å². The van der Waals surface area contributed by atoms with Crippen LogP contribution in [-0.2, 0) is 16.1 Å². The number of amides is 1. The van der Waals surface area contributed by atoms with E-state index in [0.717, 1.165) is 28.9 Å². The molecule has 10 heteroatoms. The predicted molar refractivity (Wildman–Crippen MR) is 125 cm³/mol. The Morgan fingerprint density at radius 3 is 3.00 bits per heavy atom. The van der Waals surface area contributed by atoms with Crippen LogP contribution < -0.4 is 20.1 Å². The number of thioether (sulfide) groups is 1. The molecular formula is C23H25N5O4S. The first kappa shape index (κ1) is 21.9. The van der Waals surface area contributed by atoms with Crippen molar-refractivity contribution >= 4 is 34.5 Å². The lowest BCUT2D eigenvalue weighted by Gasteiger charge is -2.29. The number of anilines is 1. The Morgan fingerprint density at radius 1 is 1.21 bits per heavy atom. The minimum Gasteiger partial charge on any atom is -0.488 e. The molecule has 172 valence electrons. The van der Waals surface area contributed by atoms with Gasteiger partial charge >= 0.3 is 0 Å². The number of aromatic nitrogens is 3. The van der Waals surface area contributed by atoms with Crippen LogP contribution in [0.25, 0.3) is 11.0 Å². The summed E-state index contributed by atoms with van der Waals surface area (Å²) in [7, 11) is 1.59. The van der Waals surface area contributed by atoms with Gasteiger partial charge < -0.3 is 24.8 Å². The summed E-state index contributed by atoms with van der Waals surface area (Å²) in [5.74, 6) is 2.29. The highest BCUT2D eigenvalue weighted by atomic mass is 32.2. The van der Waals surface area contributed by atoms with E-state index in [1.807, 2.05) is 24.3 Å². The highest BCUT2D eigenvalue weighted by Gasteiger charge is 2.23. The number of carbonyl (C=O) groups excluding carboxylic acids is 1. The minimum absolute atomic E-state index is 0.00580. The zero-order valence-electron chi connectivity index (χ0n) is 18.2. The molecule has 3 aromatic rings. The van der Waals surface area contributed by atoms with E-state index in [2.05, 4.69) is 25.6 Å². The Hall–Kier alpha value is -2.95. The van der Waals surface area contributed by atoms with Gasteiger partial charge in [0.15, 0.2) is 0 Å². The van der Waals surface area contributed by atoms with E-state index in [9.17, 15) is 4.79 Å². The first-order valence-electron chi connectivity index (χ1n) is 10.9.